The molecule has 0 heterocycles. The van der Waals surface area contributed by atoms with Crippen molar-refractivity contribution in [2.45, 2.75) is 39.5 Å². The number of aryl methyl sites for hydroxylation is 1. The number of hydrogen-bond donors (Lipinski definition) is 3. The number of unbranched alkanes of at least 4 members (excludes halogenated alkanes) is 3. The second-order valence-electron chi connectivity index (χ2n) is 4.75. The molecule has 1 rings (SSSR count). The highest BCUT2D eigenvalue weighted by Gasteiger charge is 2.11. The summed E-state index contributed by atoms with van der Waals surface area (Å²) in [7, 11) is 0. The van der Waals surface area contributed by atoms with Crippen molar-refractivity contribution in [2.75, 3.05) is 17.2 Å². The zero-order valence-electron chi connectivity index (χ0n) is 12.4. The fourth-order valence-electron chi connectivity index (χ4n) is 1.88. The van der Waals surface area contributed by atoms with E-state index < -0.39 is 12.2 Å². The molecule has 116 valence electrons. The molecule has 0 unspecified atom stereocenters. The fraction of sp³-hybridized carbons (Fsp3) is 0.467. The first kappa shape index (κ1) is 16.8. The van der Waals surface area contributed by atoms with Crippen LogP contribution in [-0.4, -0.2) is 23.9 Å². The van der Waals surface area contributed by atoms with Crippen LogP contribution in [0.5, 0.6) is 0 Å². The van der Waals surface area contributed by atoms with Gasteiger partial charge < -0.3 is 9.84 Å². The Balaban J connectivity index is 2.56. The first-order valence-corrected chi connectivity index (χ1v) is 7.08. The molecule has 0 aromatic heterocycles. The van der Waals surface area contributed by atoms with E-state index in [0.29, 0.717) is 18.0 Å². The molecule has 6 heteroatoms. The molecule has 1 aromatic carbocycles. The molecule has 0 bridgehead atoms. The summed E-state index contributed by atoms with van der Waals surface area (Å²) in [5.74, 6) is 0. The van der Waals surface area contributed by atoms with E-state index in [4.69, 9.17) is 9.84 Å². The zero-order chi connectivity index (χ0) is 15.7. The van der Waals surface area contributed by atoms with Gasteiger partial charge in [-0.2, -0.15) is 0 Å². The summed E-state index contributed by atoms with van der Waals surface area (Å²) in [6.45, 7) is 4.26. The Kier molecular flexibility index (Phi) is 7.08. The Labute approximate surface area is 124 Å². The van der Waals surface area contributed by atoms with E-state index in [1.54, 1.807) is 25.1 Å². The molecule has 21 heavy (non-hydrogen) atoms. The highest BCUT2D eigenvalue weighted by atomic mass is 16.5. The van der Waals surface area contributed by atoms with Gasteiger partial charge in [0, 0.05) is 0 Å². The Morgan fingerprint density at radius 3 is 2.62 bits per heavy atom. The molecular weight excluding hydrogens is 272 g/mol. The van der Waals surface area contributed by atoms with Crippen molar-refractivity contribution in [3.8, 4) is 0 Å². The SMILES string of the molecule is CCCCCCOC(=O)Nc1c(C)cccc1NC(=O)O. The Bertz CT molecular complexity index is 489. The average Bonchev–Trinajstić information content (AvgIpc) is 2.42. The molecule has 0 radical (unpaired) electrons. The molecule has 0 aliphatic carbocycles. The number of ether oxygens (including phenoxy) is 1. The van der Waals surface area contributed by atoms with E-state index in [1.807, 2.05) is 0 Å². The molecular formula is C15H22N2O4. The average molecular weight is 294 g/mol. The van der Waals surface area contributed by atoms with Crippen molar-refractivity contribution in [1.82, 2.24) is 0 Å². The monoisotopic (exact) mass is 294 g/mol. The number of hydrogen-bond acceptors (Lipinski definition) is 3. The Morgan fingerprint density at radius 2 is 1.95 bits per heavy atom. The van der Waals surface area contributed by atoms with Gasteiger partial charge in [0.15, 0.2) is 0 Å². The number of anilines is 2. The van der Waals surface area contributed by atoms with Crippen LogP contribution in [0.1, 0.15) is 38.2 Å². The number of nitrogens with one attached hydrogen (secondary N) is 2. The smallest absolute Gasteiger partial charge is 0.411 e. The quantitative estimate of drug-likeness (QED) is 0.657. The zero-order valence-corrected chi connectivity index (χ0v) is 12.4. The van der Waals surface area contributed by atoms with Gasteiger partial charge in [0.05, 0.1) is 18.0 Å². The third-order valence-corrected chi connectivity index (χ3v) is 2.97. The van der Waals surface area contributed by atoms with Crippen molar-refractivity contribution in [3.63, 3.8) is 0 Å². The summed E-state index contributed by atoms with van der Waals surface area (Å²) in [4.78, 5) is 22.5. The predicted octanol–water partition coefficient (Wildman–Crippen LogP) is 4.21. The molecule has 0 fully saturated rings. The third-order valence-electron chi connectivity index (χ3n) is 2.97. The largest absolute Gasteiger partial charge is 0.465 e. The van der Waals surface area contributed by atoms with E-state index in [0.717, 1.165) is 31.2 Å². The van der Waals surface area contributed by atoms with Gasteiger partial charge >= 0.3 is 12.2 Å². The van der Waals surface area contributed by atoms with E-state index in [2.05, 4.69) is 17.6 Å². The molecule has 0 saturated heterocycles. The summed E-state index contributed by atoms with van der Waals surface area (Å²) in [6.07, 6.45) is 2.34. The lowest BCUT2D eigenvalue weighted by atomic mass is 10.1. The first-order valence-electron chi connectivity index (χ1n) is 7.08. The highest BCUT2D eigenvalue weighted by Crippen LogP contribution is 2.25. The van der Waals surface area contributed by atoms with Crippen molar-refractivity contribution in [2.24, 2.45) is 0 Å². The lowest BCUT2D eigenvalue weighted by Crippen LogP contribution is -2.17. The van der Waals surface area contributed by atoms with Crippen LogP contribution in [0.4, 0.5) is 21.0 Å². The van der Waals surface area contributed by atoms with Gasteiger partial charge in [-0.25, -0.2) is 9.59 Å². The number of amides is 2. The summed E-state index contributed by atoms with van der Waals surface area (Å²) >= 11 is 0. The van der Waals surface area contributed by atoms with Gasteiger partial charge in [-0.1, -0.05) is 38.3 Å². The van der Waals surface area contributed by atoms with Crippen LogP contribution >= 0.6 is 0 Å². The molecule has 0 aliphatic rings. The van der Waals surface area contributed by atoms with Gasteiger partial charge in [0.25, 0.3) is 0 Å². The number of rotatable bonds is 7. The highest BCUT2D eigenvalue weighted by molar-refractivity contribution is 5.95. The van der Waals surface area contributed by atoms with Crippen LogP contribution in [-0.2, 0) is 4.74 Å². The van der Waals surface area contributed by atoms with Crippen molar-refractivity contribution in [1.29, 1.82) is 0 Å². The van der Waals surface area contributed by atoms with Gasteiger partial charge in [0.2, 0.25) is 0 Å². The minimum Gasteiger partial charge on any atom is -0.465 e. The van der Waals surface area contributed by atoms with Crippen molar-refractivity contribution < 1.29 is 19.4 Å². The van der Waals surface area contributed by atoms with E-state index in [-0.39, 0.29) is 0 Å². The van der Waals surface area contributed by atoms with Gasteiger partial charge in [-0.05, 0) is 25.0 Å². The number of para-hydroxylation sites is 1. The molecule has 1 aromatic rings. The van der Waals surface area contributed by atoms with Gasteiger partial charge in [-0.3, -0.25) is 10.6 Å². The summed E-state index contributed by atoms with van der Waals surface area (Å²) in [5, 5.41) is 13.6. The maximum atomic E-state index is 11.7. The van der Waals surface area contributed by atoms with Gasteiger partial charge in [-0.15, -0.1) is 0 Å². The topological polar surface area (TPSA) is 87.7 Å². The maximum absolute atomic E-state index is 11.7. The summed E-state index contributed by atoms with van der Waals surface area (Å²) < 4.78 is 5.08. The second kappa shape index (κ2) is 8.84. The minimum absolute atomic E-state index is 0.324. The third kappa shape index (κ3) is 6.16. The predicted molar refractivity (Wildman–Crippen MR) is 81.9 cm³/mol. The fourth-order valence-corrected chi connectivity index (χ4v) is 1.88. The van der Waals surface area contributed by atoms with Crippen LogP contribution in [0.25, 0.3) is 0 Å². The number of carbonyl (C=O) groups is 2. The van der Waals surface area contributed by atoms with Gasteiger partial charge in [0.1, 0.15) is 0 Å². The summed E-state index contributed by atoms with van der Waals surface area (Å²) in [5.41, 5.74) is 1.49. The minimum atomic E-state index is -1.18. The second-order valence-corrected chi connectivity index (χ2v) is 4.75. The first-order chi connectivity index (χ1) is 10.0. The molecule has 0 saturated carbocycles. The van der Waals surface area contributed by atoms with Crippen molar-refractivity contribution in [3.05, 3.63) is 23.8 Å². The molecule has 6 nitrogen and oxygen atoms in total. The van der Waals surface area contributed by atoms with E-state index in [9.17, 15) is 9.59 Å². The van der Waals surface area contributed by atoms with Crippen LogP contribution in [0.15, 0.2) is 18.2 Å². The van der Waals surface area contributed by atoms with Crippen LogP contribution in [0, 0.1) is 6.92 Å². The standard InChI is InChI=1S/C15H22N2O4/c1-3-4-5-6-10-21-15(20)17-13-11(2)8-7-9-12(13)16-14(18)19/h7-9,16H,3-6,10H2,1-2H3,(H,17,20)(H,18,19). The van der Waals surface area contributed by atoms with Crippen LogP contribution < -0.4 is 10.6 Å². The molecule has 2 amide bonds. The van der Waals surface area contributed by atoms with Crippen molar-refractivity contribution >= 4 is 23.6 Å². The normalized spacial score (nSPS) is 10.0. The number of carbonyl (C=O) groups excluding carboxylic acids is 1. The maximum Gasteiger partial charge on any atom is 0.411 e. The van der Waals surface area contributed by atoms with Crippen LogP contribution in [0.2, 0.25) is 0 Å². The lowest BCUT2D eigenvalue weighted by Gasteiger charge is -2.13. The number of carboxylic acid groups (broad SMARTS) is 1. The lowest BCUT2D eigenvalue weighted by molar-refractivity contribution is 0.159. The Hall–Kier alpha value is -2.24. The van der Waals surface area contributed by atoms with E-state index in [1.165, 1.54) is 0 Å². The van der Waals surface area contributed by atoms with E-state index >= 15 is 0 Å². The molecule has 0 atom stereocenters. The Morgan fingerprint density at radius 1 is 1.19 bits per heavy atom. The summed E-state index contributed by atoms with van der Waals surface area (Å²) in [6, 6.07) is 5.07. The molecule has 0 spiro atoms. The number of benzene rings is 1. The molecule has 0 aliphatic heterocycles. The molecule has 3 N–H and O–H groups in total. The van der Waals surface area contributed by atoms with Crippen LogP contribution in [0.3, 0.4) is 0 Å².